The van der Waals surface area contributed by atoms with Gasteiger partial charge in [-0.1, -0.05) is 19.9 Å². The molecule has 1 saturated carbocycles. The summed E-state index contributed by atoms with van der Waals surface area (Å²) >= 11 is 0. The summed E-state index contributed by atoms with van der Waals surface area (Å²) in [5, 5.41) is 5.30. The second kappa shape index (κ2) is 8.86. The average molecular weight is 486 g/mol. The Labute approximate surface area is 201 Å². The lowest BCUT2D eigenvalue weighted by molar-refractivity contribution is -0.148. The number of H-pyrrole nitrogens is 1. The maximum atomic E-state index is 13.4. The van der Waals surface area contributed by atoms with E-state index in [9.17, 15) is 13.2 Å². The smallest absolute Gasteiger partial charge is 0.389 e. The zero-order chi connectivity index (χ0) is 24.9. The van der Waals surface area contributed by atoms with Gasteiger partial charge in [-0.15, -0.1) is 0 Å². The molecule has 9 heteroatoms. The van der Waals surface area contributed by atoms with Crippen LogP contribution in [-0.4, -0.2) is 38.9 Å². The third-order valence-corrected chi connectivity index (χ3v) is 7.23. The van der Waals surface area contributed by atoms with Crippen LogP contribution >= 0.6 is 0 Å². The minimum atomic E-state index is -4.20. The molecule has 3 heterocycles. The highest BCUT2D eigenvalue weighted by Crippen LogP contribution is 2.45. The number of nitrogens with one attached hydrogen (secondary N) is 1. The van der Waals surface area contributed by atoms with Crippen molar-refractivity contribution in [2.24, 2.45) is 11.7 Å². The molecule has 3 aromatic heterocycles. The number of halogens is 3. The standard InChI is InChI=1S/C26H30F3N5O/c1-14(2)23-20-9-15(19-6-5-18(30)8-16(19)11-26(27,28)29)4-7-21(20)33-24(23)17-10-22(35-3)25-31-13-32-34(25)12-17/h4,7,9-10,12-14,16,18-19,33H,5-6,8,11,30H2,1-3H3. The number of rotatable bonds is 5. The maximum Gasteiger partial charge on any atom is 0.389 e. The lowest BCUT2D eigenvalue weighted by Crippen LogP contribution is -2.34. The molecule has 0 aliphatic heterocycles. The van der Waals surface area contributed by atoms with Crippen LogP contribution < -0.4 is 10.5 Å². The Balaban J connectivity index is 1.61. The van der Waals surface area contributed by atoms with Gasteiger partial charge in [0, 0.05) is 35.1 Å². The zero-order valence-electron chi connectivity index (χ0n) is 20.1. The molecular formula is C26H30F3N5O. The summed E-state index contributed by atoms with van der Waals surface area (Å²) in [4.78, 5) is 7.79. The molecule has 3 N–H and O–H groups in total. The van der Waals surface area contributed by atoms with Gasteiger partial charge in [-0.05, 0) is 66.3 Å². The van der Waals surface area contributed by atoms with Gasteiger partial charge in [0.1, 0.15) is 6.33 Å². The van der Waals surface area contributed by atoms with Crippen LogP contribution in [0.2, 0.25) is 0 Å². The fraction of sp³-hybridized carbons (Fsp3) is 0.462. The third kappa shape index (κ3) is 4.49. The van der Waals surface area contributed by atoms with E-state index in [0.717, 1.165) is 39.7 Å². The lowest BCUT2D eigenvalue weighted by atomic mass is 9.72. The summed E-state index contributed by atoms with van der Waals surface area (Å²) in [7, 11) is 1.60. The molecule has 3 atom stereocenters. The van der Waals surface area contributed by atoms with E-state index in [0.29, 0.717) is 24.2 Å². The van der Waals surface area contributed by atoms with Crippen molar-refractivity contribution in [3.05, 3.63) is 47.9 Å². The second-order valence-corrected chi connectivity index (χ2v) is 9.96. The molecule has 1 fully saturated rings. The Morgan fingerprint density at radius 2 is 2.03 bits per heavy atom. The summed E-state index contributed by atoms with van der Waals surface area (Å²) in [6.45, 7) is 4.24. The van der Waals surface area contributed by atoms with E-state index < -0.39 is 18.5 Å². The van der Waals surface area contributed by atoms with Crippen LogP contribution in [-0.2, 0) is 0 Å². The Morgan fingerprint density at radius 1 is 1.23 bits per heavy atom. The minimum absolute atomic E-state index is 0.161. The number of benzene rings is 1. The first-order valence-corrected chi connectivity index (χ1v) is 12.0. The van der Waals surface area contributed by atoms with Crippen LogP contribution in [0.5, 0.6) is 5.75 Å². The van der Waals surface area contributed by atoms with Crippen molar-refractivity contribution < 1.29 is 17.9 Å². The van der Waals surface area contributed by atoms with Crippen LogP contribution in [0.1, 0.15) is 62.5 Å². The highest BCUT2D eigenvalue weighted by atomic mass is 19.4. The first kappa shape index (κ1) is 23.7. The van der Waals surface area contributed by atoms with Gasteiger partial charge in [-0.2, -0.15) is 18.3 Å². The Kier molecular flexibility index (Phi) is 5.99. The number of nitrogens with zero attached hydrogens (tertiary/aromatic N) is 3. The highest BCUT2D eigenvalue weighted by Gasteiger charge is 2.39. The Morgan fingerprint density at radius 3 is 2.74 bits per heavy atom. The van der Waals surface area contributed by atoms with Crippen LogP contribution in [0.4, 0.5) is 13.2 Å². The molecule has 35 heavy (non-hydrogen) atoms. The van der Waals surface area contributed by atoms with E-state index in [1.165, 1.54) is 6.33 Å². The molecule has 5 rings (SSSR count). The van der Waals surface area contributed by atoms with Crippen molar-refractivity contribution in [3.63, 3.8) is 0 Å². The number of fused-ring (bicyclic) bond motifs is 2. The van der Waals surface area contributed by atoms with Gasteiger partial charge in [0.15, 0.2) is 11.4 Å². The SMILES string of the molecule is COc1cc(-c2[nH]c3ccc(C4CCC(N)CC4CC(F)(F)F)cc3c2C(C)C)cn2ncnc12. The number of hydrogen-bond acceptors (Lipinski definition) is 4. The lowest BCUT2D eigenvalue weighted by Gasteiger charge is -2.35. The first-order chi connectivity index (χ1) is 16.6. The van der Waals surface area contributed by atoms with Crippen LogP contribution in [0.15, 0.2) is 36.8 Å². The number of ether oxygens (including phenoxy) is 1. The minimum Gasteiger partial charge on any atom is -0.493 e. The maximum absolute atomic E-state index is 13.4. The molecular weight excluding hydrogens is 455 g/mol. The van der Waals surface area contributed by atoms with Crippen molar-refractivity contribution in [2.45, 2.75) is 63.6 Å². The van der Waals surface area contributed by atoms with Crippen LogP contribution in [0, 0.1) is 5.92 Å². The topological polar surface area (TPSA) is 81.2 Å². The summed E-state index contributed by atoms with van der Waals surface area (Å²) in [5.74, 6) is 0.127. The van der Waals surface area contributed by atoms with Gasteiger partial charge < -0.3 is 15.5 Å². The van der Waals surface area contributed by atoms with Crippen molar-refractivity contribution in [1.82, 2.24) is 19.6 Å². The van der Waals surface area contributed by atoms with Gasteiger partial charge in [-0.25, -0.2) is 9.50 Å². The number of aromatic amines is 1. The predicted molar refractivity (Wildman–Crippen MR) is 130 cm³/mol. The number of hydrogen-bond donors (Lipinski definition) is 2. The predicted octanol–water partition coefficient (Wildman–Crippen LogP) is 6.17. The molecule has 1 aliphatic carbocycles. The number of nitrogens with two attached hydrogens (primary N) is 1. The molecule has 1 aliphatic rings. The van der Waals surface area contributed by atoms with Gasteiger partial charge in [-0.3, -0.25) is 0 Å². The van der Waals surface area contributed by atoms with Crippen molar-refractivity contribution in [1.29, 1.82) is 0 Å². The van der Waals surface area contributed by atoms with Crippen molar-refractivity contribution in [3.8, 4) is 17.0 Å². The van der Waals surface area contributed by atoms with Crippen molar-refractivity contribution >= 4 is 16.6 Å². The van der Waals surface area contributed by atoms with Gasteiger partial charge in [0.2, 0.25) is 0 Å². The van der Waals surface area contributed by atoms with E-state index in [-0.39, 0.29) is 17.9 Å². The van der Waals surface area contributed by atoms with E-state index in [1.54, 1.807) is 11.6 Å². The van der Waals surface area contributed by atoms with Crippen LogP contribution in [0.3, 0.4) is 0 Å². The molecule has 0 amide bonds. The van der Waals surface area contributed by atoms with Gasteiger partial charge in [0.25, 0.3) is 0 Å². The normalized spacial score (nSPS) is 21.3. The average Bonchev–Trinajstić information content (AvgIpc) is 3.41. The number of pyridine rings is 1. The highest BCUT2D eigenvalue weighted by molar-refractivity contribution is 5.92. The second-order valence-electron chi connectivity index (χ2n) is 9.96. The monoisotopic (exact) mass is 485 g/mol. The largest absolute Gasteiger partial charge is 0.493 e. The number of aromatic nitrogens is 4. The van der Waals surface area contributed by atoms with Crippen molar-refractivity contribution in [2.75, 3.05) is 7.11 Å². The Bertz CT molecular complexity index is 1360. The number of methoxy groups -OCH3 is 1. The van der Waals surface area contributed by atoms with Crippen LogP contribution in [0.25, 0.3) is 27.8 Å². The van der Waals surface area contributed by atoms with E-state index in [2.05, 4.69) is 35.0 Å². The number of alkyl halides is 3. The van der Waals surface area contributed by atoms with E-state index in [4.69, 9.17) is 10.5 Å². The molecule has 6 nitrogen and oxygen atoms in total. The molecule has 0 radical (unpaired) electrons. The fourth-order valence-electron chi connectivity index (χ4n) is 5.73. The van der Waals surface area contributed by atoms with E-state index in [1.807, 2.05) is 24.4 Å². The summed E-state index contributed by atoms with van der Waals surface area (Å²) in [5.41, 5.74) is 11.6. The molecule has 0 saturated heterocycles. The molecule has 3 unspecified atom stereocenters. The summed E-state index contributed by atoms with van der Waals surface area (Å²) in [6.07, 6.45) is 0.200. The molecule has 186 valence electrons. The molecule has 0 spiro atoms. The first-order valence-electron chi connectivity index (χ1n) is 12.0. The quantitative estimate of drug-likeness (QED) is 0.354. The molecule has 1 aromatic carbocycles. The van der Waals surface area contributed by atoms with Gasteiger partial charge in [0.05, 0.1) is 12.8 Å². The Hall–Kier alpha value is -3.07. The van der Waals surface area contributed by atoms with Gasteiger partial charge >= 0.3 is 6.18 Å². The summed E-state index contributed by atoms with van der Waals surface area (Å²) < 4.78 is 47.3. The zero-order valence-corrected chi connectivity index (χ0v) is 20.1. The fourth-order valence-corrected chi connectivity index (χ4v) is 5.73. The molecule has 0 bridgehead atoms. The summed E-state index contributed by atoms with van der Waals surface area (Å²) in [6, 6.07) is 7.81. The molecule has 4 aromatic rings. The van der Waals surface area contributed by atoms with E-state index >= 15 is 0 Å². The third-order valence-electron chi connectivity index (χ3n) is 7.23.